The third-order valence-corrected chi connectivity index (χ3v) is 3.81. The van der Waals surface area contributed by atoms with E-state index in [0.29, 0.717) is 17.4 Å². The molecule has 3 heteroatoms. The molecule has 0 radical (unpaired) electrons. The first-order valence-electron chi connectivity index (χ1n) is 7.60. The number of hydrogen-bond acceptors (Lipinski definition) is 2. The zero-order valence-corrected chi connectivity index (χ0v) is 13.0. The Morgan fingerprint density at radius 1 is 1.33 bits per heavy atom. The molecule has 0 bridgehead atoms. The first kappa shape index (κ1) is 16.0. The zero-order valence-electron chi connectivity index (χ0n) is 13.0. The highest BCUT2D eigenvalue weighted by Gasteiger charge is 2.26. The molecule has 1 aliphatic rings. The van der Waals surface area contributed by atoms with Crippen molar-refractivity contribution in [1.82, 2.24) is 4.90 Å². The van der Waals surface area contributed by atoms with Crippen molar-refractivity contribution in [3.63, 3.8) is 0 Å². The average molecular weight is 289 g/mol. The highest BCUT2D eigenvalue weighted by Crippen LogP contribution is 2.29. The van der Waals surface area contributed by atoms with Crippen molar-refractivity contribution >= 4 is 0 Å². The van der Waals surface area contributed by atoms with Gasteiger partial charge in [0.2, 0.25) is 0 Å². The molecule has 1 aliphatic heterocycles. The maximum absolute atomic E-state index is 13.7. The van der Waals surface area contributed by atoms with Gasteiger partial charge in [0.15, 0.2) is 0 Å². The predicted molar refractivity (Wildman–Crippen MR) is 83.3 cm³/mol. The van der Waals surface area contributed by atoms with Crippen LogP contribution in [-0.4, -0.2) is 29.7 Å². The molecule has 0 saturated carbocycles. The van der Waals surface area contributed by atoms with Gasteiger partial charge in [0.25, 0.3) is 0 Å². The van der Waals surface area contributed by atoms with Gasteiger partial charge in [0.05, 0.1) is 6.61 Å². The number of rotatable bonds is 3. The highest BCUT2D eigenvalue weighted by molar-refractivity contribution is 5.37. The lowest BCUT2D eigenvalue weighted by molar-refractivity contribution is 0.111. The van der Waals surface area contributed by atoms with Crippen LogP contribution in [0.1, 0.15) is 44.2 Å². The number of hydrogen-bond donors (Lipinski definition) is 1. The van der Waals surface area contributed by atoms with E-state index in [2.05, 4.69) is 30.6 Å². The number of aliphatic hydroxyl groups excluding tert-OH is 1. The predicted octanol–water partition coefficient (Wildman–Crippen LogP) is 3.18. The lowest BCUT2D eigenvalue weighted by Crippen LogP contribution is -2.39. The van der Waals surface area contributed by atoms with Gasteiger partial charge < -0.3 is 5.11 Å². The van der Waals surface area contributed by atoms with Gasteiger partial charge in [0, 0.05) is 25.1 Å². The molecular formula is C18H24FNO. The zero-order chi connectivity index (χ0) is 15.3. The molecule has 2 nitrogen and oxygen atoms in total. The topological polar surface area (TPSA) is 23.5 Å². The third kappa shape index (κ3) is 5.15. The van der Waals surface area contributed by atoms with E-state index >= 15 is 0 Å². The maximum atomic E-state index is 13.7. The second-order valence-electron chi connectivity index (χ2n) is 6.60. The van der Waals surface area contributed by atoms with Crippen LogP contribution in [0.15, 0.2) is 18.2 Å². The smallest absolute Gasteiger partial charge is 0.124 e. The van der Waals surface area contributed by atoms with Crippen LogP contribution < -0.4 is 0 Å². The summed E-state index contributed by atoms with van der Waals surface area (Å²) in [5, 5.41) is 8.74. The van der Waals surface area contributed by atoms with Crippen molar-refractivity contribution in [3.8, 4) is 11.8 Å². The fourth-order valence-electron chi connectivity index (χ4n) is 2.97. The molecule has 0 amide bonds. The molecule has 0 atom stereocenters. The van der Waals surface area contributed by atoms with Gasteiger partial charge in [-0.2, -0.15) is 0 Å². The average Bonchev–Trinajstić information content (AvgIpc) is 2.37. The first-order valence-corrected chi connectivity index (χ1v) is 7.60. The van der Waals surface area contributed by atoms with Crippen molar-refractivity contribution < 1.29 is 9.50 Å². The third-order valence-electron chi connectivity index (χ3n) is 3.81. The van der Waals surface area contributed by atoms with E-state index in [1.165, 1.54) is 18.9 Å². The normalized spacial score (nSPS) is 18.1. The van der Waals surface area contributed by atoms with Crippen LogP contribution in [-0.2, 0) is 6.54 Å². The van der Waals surface area contributed by atoms with Crippen molar-refractivity contribution in [2.24, 2.45) is 5.41 Å². The summed E-state index contributed by atoms with van der Waals surface area (Å²) in [4.78, 5) is 2.39. The molecule has 0 aliphatic carbocycles. The largest absolute Gasteiger partial charge is 0.395 e. The molecule has 21 heavy (non-hydrogen) atoms. The van der Waals surface area contributed by atoms with Crippen molar-refractivity contribution in [2.75, 3.05) is 19.7 Å². The number of halogens is 1. The van der Waals surface area contributed by atoms with Gasteiger partial charge in [-0.05, 0) is 48.6 Å². The minimum absolute atomic E-state index is 0.0397. The molecule has 1 N–H and O–H groups in total. The van der Waals surface area contributed by atoms with Gasteiger partial charge in [0.1, 0.15) is 5.82 Å². The SMILES string of the molecule is CC1(C)CCCN(Cc2cc(F)cc(C#CCCO)c2)C1. The molecule has 0 aromatic heterocycles. The Balaban J connectivity index is 2.08. The van der Waals surface area contributed by atoms with Crippen LogP contribution in [0.2, 0.25) is 0 Å². The Kier molecular flexibility index (Phi) is 5.39. The van der Waals surface area contributed by atoms with Gasteiger partial charge in [-0.25, -0.2) is 4.39 Å². The Labute approximate surface area is 127 Å². The summed E-state index contributed by atoms with van der Waals surface area (Å²) in [6, 6.07) is 5.00. The van der Waals surface area contributed by atoms with Crippen LogP contribution in [0.3, 0.4) is 0 Å². The van der Waals surface area contributed by atoms with Gasteiger partial charge >= 0.3 is 0 Å². The molecular weight excluding hydrogens is 265 g/mol. The van der Waals surface area contributed by atoms with Crippen LogP contribution in [0.4, 0.5) is 4.39 Å². The molecule has 114 valence electrons. The van der Waals surface area contributed by atoms with Crippen LogP contribution in [0.25, 0.3) is 0 Å². The molecule has 0 unspecified atom stereocenters. The fraction of sp³-hybridized carbons (Fsp3) is 0.556. The first-order chi connectivity index (χ1) is 9.98. The fourth-order valence-corrected chi connectivity index (χ4v) is 2.97. The summed E-state index contributed by atoms with van der Waals surface area (Å²) in [6.07, 6.45) is 2.88. The van der Waals surface area contributed by atoms with E-state index in [0.717, 1.165) is 25.2 Å². The van der Waals surface area contributed by atoms with Gasteiger partial charge in [-0.3, -0.25) is 4.90 Å². The number of nitrogens with zero attached hydrogens (tertiary/aromatic N) is 1. The quantitative estimate of drug-likeness (QED) is 0.864. The van der Waals surface area contributed by atoms with Gasteiger partial charge in [-0.15, -0.1) is 0 Å². The summed E-state index contributed by atoms with van der Waals surface area (Å²) < 4.78 is 13.7. The van der Waals surface area contributed by atoms with E-state index in [-0.39, 0.29) is 12.4 Å². The summed E-state index contributed by atoms with van der Waals surface area (Å²) >= 11 is 0. The lowest BCUT2D eigenvalue weighted by atomic mass is 9.84. The van der Waals surface area contributed by atoms with E-state index in [9.17, 15) is 4.39 Å². The summed E-state index contributed by atoms with van der Waals surface area (Å²) in [7, 11) is 0. The standard InChI is InChI=1S/C18H24FNO/c1-18(2)7-5-8-20(14-18)13-16-10-15(6-3-4-9-21)11-17(19)12-16/h10-12,21H,4-5,7-9,13-14H2,1-2H3. The van der Waals surface area contributed by atoms with Crippen LogP contribution >= 0.6 is 0 Å². The lowest BCUT2D eigenvalue weighted by Gasteiger charge is -2.38. The summed E-state index contributed by atoms with van der Waals surface area (Å²) in [5.41, 5.74) is 2.01. The minimum atomic E-state index is -0.239. The van der Waals surface area contributed by atoms with E-state index in [1.54, 1.807) is 6.07 Å². The second kappa shape index (κ2) is 7.06. The monoisotopic (exact) mass is 289 g/mol. The molecule has 1 aromatic rings. The molecule has 1 heterocycles. The molecule has 1 saturated heterocycles. The number of benzene rings is 1. The number of likely N-dealkylation sites (tertiary alicyclic amines) is 1. The summed E-state index contributed by atoms with van der Waals surface area (Å²) in [6.45, 7) is 7.52. The Morgan fingerprint density at radius 2 is 2.14 bits per heavy atom. The number of piperidine rings is 1. The van der Waals surface area contributed by atoms with Crippen molar-refractivity contribution in [2.45, 2.75) is 39.7 Å². The van der Waals surface area contributed by atoms with Crippen molar-refractivity contribution in [3.05, 3.63) is 35.1 Å². The van der Waals surface area contributed by atoms with E-state index in [4.69, 9.17) is 5.11 Å². The Morgan fingerprint density at radius 3 is 2.86 bits per heavy atom. The summed E-state index contributed by atoms with van der Waals surface area (Å²) in [5.74, 6) is 5.52. The minimum Gasteiger partial charge on any atom is -0.395 e. The Bertz CT molecular complexity index is 542. The highest BCUT2D eigenvalue weighted by atomic mass is 19.1. The molecule has 0 spiro atoms. The second-order valence-corrected chi connectivity index (χ2v) is 6.60. The molecule has 2 rings (SSSR count). The molecule has 1 fully saturated rings. The van der Waals surface area contributed by atoms with Crippen LogP contribution in [0, 0.1) is 23.1 Å². The maximum Gasteiger partial charge on any atom is 0.124 e. The van der Waals surface area contributed by atoms with Gasteiger partial charge in [-0.1, -0.05) is 25.7 Å². The van der Waals surface area contributed by atoms with E-state index < -0.39 is 0 Å². The van der Waals surface area contributed by atoms with E-state index in [1.807, 2.05) is 6.07 Å². The van der Waals surface area contributed by atoms with Crippen LogP contribution in [0.5, 0.6) is 0 Å². The van der Waals surface area contributed by atoms with Crippen molar-refractivity contribution in [1.29, 1.82) is 0 Å². The molecule has 1 aromatic carbocycles. The number of aliphatic hydroxyl groups is 1. The Hall–Kier alpha value is -1.37.